The Balaban J connectivity index is 1.53. The first-order chi connectivity index (χ1) is 13.1. The topological polar surface area (TPSA) is 50.4 Å². The molecule has 3 aromatic rings. The molecule has 27 heavy (non-hydrogen) atoms. The SMILES string of the molecule is O=C(COc1ccc(CNc2ccccc2)cc1Cl)Nc1ccccc1Cl. The van der Waals surface area contributed by atoms with Crippen LogP contribution >= 0.6 is 23.2 Å². The summed E-state index contributed by atoms with van der Waals surface area (Å²) < 4.78 is 5.52. The lowest BCUT2D eigenvalue weighted by Gasteiger charge is -2.11. The fourth-order valence-corrected chi connectivity index (χ4v) is 2.86. The van der Waals surface area contributed by atoms with Gasteiger partial charge in [0.25, 0.3) is 5.91 Å². The summed E-state index contributed by atoms with van der Waals surface area (Å²) in [6.07, 6.45) is 0. The fraction of sp³-hybridized carbons (Fsp3) is 0.0952. The van der Waals surface area contributed by atoms with Crippen LogP contribution in [0.2, 0.25) is 10.0 Å². The zero-order chi connectivity index (χ0) is 19.1. The molecule has 0 unspecified atom stereocenters. The van der Waals surface area contributed by atoms with Gasteiger partial charge in [0.05, 0.1) is 15.7 Å². The van der Waals surface area contributed by atoms with Crippen LogP contribution in [-0.2, 0) is 11.3 Å². The summed E-state index contributed by atoms with van der Waals surface area (Å²) in [6.45, 7) is 0.476. The highest BCUT2D eigenvalue weighted by atomic mass is 35.5. The maximum Gasteiger partial charge on any atom is 0.262 e. The van der Waals surface area contributed by atoms with Crippen LogP contribution in [0.25, 0.3) is 0 Å². The lowest BCUT2D eigenvalue weighted by atomic mass is 10.2. The van der Waals surface area contributed by atoms with Crippen molar-refractivity contribution in [3.63, 3.8) is 0 Å². The van der Waals surface area contributed by atoms with Gasteiger partial charge in [0.2, 0.25) is 0 Å². The normalized spacial score (nSPS) is 10.3. The van der Waals surface area contributed by atoms with Gasteiger partial charge in [-0.3, -0.25) is 4.79 Å². The van der Waals surface area contributed by atoms with E-state index >= 15 is 0 Å². The minimum absolute atomic E-state index is 0.160. The molecule has 1 amide bonds. The predicted octanol–water partition coefficient (Wildman–Crippen LogP) is 5.62. The lowest BCUT2D eigenvalue weighted by molar-refractivity contribution is -0.118. The molecular weight excluding hydrogens is 383 g/mol. The molecule has 0 aliphatic rings. The average molecular weight is 401 g/mol. The summed E-state index contributed by atoms with van der Waals surface area (Å²) in [5.41, 5.74) is 2.59. The van der Waals surface area contributed by atoms with E-state index in [0.29, 0.717) is 28.0 Å². The summed E-state index contributed by atoms with van der Waals surface area (Å²) in [6, 6.07) is 22.4. The second-order valence-electron chi connectivity index (χ2n) is 5.80. The van der Waals surface area contributed by atoms with Crippen LogP contribution < -0.4 is 15.4 Å². The average Bonchev–Trinajstić information content (AvgIpc) is 2.68. The molecule has 0 fully saturated rings. The Bertz CT molecular complexity index is 917. The van der Waals surface area contributed by atoms with Gasteiger partial charge in [-0.05, 0) is 42.0 Å². The van der Waals surface area contributed by atoms with Gasteiger partial charge in [0, 0.05) is 12.2 Å². The summed E-state index contributed by atoms with van der Waals surface area (Å²) in [7, 11) is 0. The molecule has 0 atom stereocenters. The number of benzene rings is 3. The summed E-state index contributed by atoms with van der Waals surface area (Å²) in [5, 5.41) is 6.94. The van der Waals surface area contributed by atoms with E-state index in [0.717, 1.165) is 11.3 Å². The first kappa shape index (κ1) is 19.1. The van der Waals surface area contributed by atoms with Crippen molar-refractivity contribution in [1.29, 1.82) is 0 Å². The molecule has 0 radical (unpaired) electrons. The minimum Gasteiger partial charge on any atom is -0.482 e. The monoisotopic (exact) mass is 400 g/mol. The van der Waals surface area contributed by atoms with Gasteiger partial charge in [-0.15, -0.1) is 0 Å². The maximum absolute atomic E-state index is 12.0. The second-order valence-corrected chi connectivity index (χ2v) is 6.62. The Morgan fingerprint density at radius 2 is 1.63 bits per heavy atom. The van der Waals surface area contributed by atoms with E-state index in [1.54, 1.807) is 30.3 Å². The van der Waals surface area contributed by atoms with E-state index < -0.39 is 0 Å². The van der Waals surface area contributed by atoms with Gasteiger partial charge in [-0.1, -0.05) is 59.6 Å². The number of anilines is 2. The van der Waals surface area contributed by atoms with Gasteiger partial charge in [-0.25, -0.2) is 0 Å². The smallest absolute Gasteiger partial charge is 0.262 e. The molecular formula is C21H18Cl2N2O2. The standard InChI is InChI=1S/C21H18Cl2N2O2/c22-17-8-4-5-9-19(17)25-21(26)14-27-20-11-10-15(12-18(20)23)13-24-16-6-2-1-3-7-16/h1-12,24H,13-14H2,(H,25,26). The number of hydrogen-bond acceptors (Lipinski definition) is 3. The zero-order valence-corrected chi connectivity index (χ0v) is 15.9. The summed E-state index contributed by atoms with van der Waals surface area (Å²) in [5.74, 6) is 0.142. The van der Waals surface area contributed by atoms with E-state index in [9.17, 15) is 4.79 Å². The van der Waals surface area contributed by atoms with Crippen molar-refractivity contribution >= 4 is 40.5 Å². The van der Waals surface area contributed by atoms with E-state index in [1.165, 1.54) is 0 Å². The molecule has 4 nitrogen and oxygen atoms in total. The first-order valence-corrected chi connectivity index (χ1v) is 9.12. The number of carbonyl (C=O) groups excluding carboxylic acids is 1. The number of nitrogens with one attached hydrogen (secondary N) is 2. The minimum atomic E-state index is -0.311. The van der Waals surface area contributed by atoms with Gasteiger partial charge in [0.15, 0.2) is 6.61 Å². The molecule has 0 aliphatic heterocycles. The molecule has 0 heterocycles. The third-order valence-electron chi connectivity index (χ3n) is 3.77. The van der Waals surface area contributed by atoms with Gasteiger partial charge in [0.1, 0.15) is 5.75 Å². The zero-order valence-electron chi connectivity index (χ0n) is 14.4. The Morgan fingerprint density at radius 3 is 2.37 bits per heavy atom. The number of amides is 1. The Kier molecular flexibility index (Phi) is 6.58. The quantitative estimate of drug-likeness (QED) is 0.540. The largest absolute Gasteiger partial charge is 0.482 e. The van der Waals surface area contributed by atoms with Crippen molar-refractivity contribution in [3.8, 4) is 5.75 Å². The summed E-state index contributed by atoms with van der Waals surface area (Å²) in [4.78, 5) is 12.0. The highest BCUT2D eigenvalue weighted by molar-refractivity contribution is 6.33. The number of rotatable bonds is 7. The molecule has 0 spiro atoms. The van der Waals surface area contributed by atoms with Gasteiger partial charge in [-0.2, -0.15) is 0 Å². The van der Waals surface area contributed by atoms with Crippen LogP contribution in [0.3, 0.4) is 0 Å². The number of halogens is 2. The highest BCUT2D eigenvalue weighted by Crippen LogP contribution is 2.26. The Morgan fingerprint density at radius 1 is 0.889 bits per heavy atom. The molecule has 0 bridgehead atoms. The second kappa shape index (κ2) is 9.31. The third kappa shape index (κ3) is 5.64. The van der Waals surface area contributed by atoms with E-state index in [2.05, 4.69) is 10.6 Å². The number of carbonyl (C=O) groups is 1. The van der Waals surface area contributed by atoms with Gasteiger partial charge < -0.3 is 15.4 Å². The van der Waals surface area contributed by atoms with Crippen LogP contribution in [0.1, 0.15) is 5.56 Å². The molecule has 138 valence electrons. The third-order valence-corrected chi connectivity index (χ3v) is 4.40. The Labute approximate surface area is 168 Å². The lowest BCUT2D eigenvalue weighted by Crippen LogP contribution is -2.20. The van der Waals surface area contributed by atoms with Crippen molar-refractivity contribution in [3.05, 3.63) is 88.4 Å². The predicted molar refractivity (Wildman–Crippen MR) is 111 cm³/mol. The van der Waals surface area contributed by atoms with E-state index in [-0.39, 0.29) is 12.5 Å². The molecule has 0 aliphatic carbocycles. The van der Waals surface area contributed by atoms with Crippen LogP contribution in [0.5, 0.6) is 5.75 Å². The molecule has 0 saturated carbocycles. The number of ether oxygens (including phenoxy) is 1. The van der Waals surface area contributed by atoms with Crippen molar-refractivity contribution in [2.45, 2.75) is 6.54 Å². The van der Waals surface area contributed by atoms with Crippen LogP contribution in [-0.4, -0.2) is 12.5 Å². The van der Waals surface area contributed by atoms with Crippen LogP contribution in [0.4, 0.5) is 11.4 Å². The molecule has 0 aromatic heterocycles. The van der Waals surface area contributed by atoms with E-state index in [4.69, 9.17) is 27.9 Å². The molecule has 0 saturated heterocycles. The van der Waals surface area contributed by atoms with Gasteiger partial charge >= 0.3 is 0 Å². The first-order valence-electron chi connectivity index (χ1n) is 8.36. The van der Waals surface area contributed by atoms with Crippen molar-refractivity contribution < 1.29 is 9.53 Å². The number of hydrogen-bond donors (Lipinski definition) is 2. The Hall–Kier alpha value is -2.69. The van der Waals surface area contributed by atoms with Crippen LogP contribution in [0, 0.1) is 0 Å². The highest BCUT2D eigenvalue weighted by Gasteiger charge is 2.09. The fourth-order valence-electron chi connectivity index (χ4n) is 2.42. The molecule has 6 heteroatoms. The van der Waals surface area contributed by atoms with Crippen molar-refractivity contribution in [1.82, 2.24) is 0 Å². The maximum atomic E-state index is 12.0. The molecule has 2 N–H and O–H groups in total. The summed E-state index contributed by atoms with van der Waals surface area (Å²) >= 11 is 12.3. The molecule has 3 aromatic carbocycles. The van der Waals surface area contributed by atoms with Crippen molar-refractivity contribution in [2.75, 3.05) is 17.2 Å². The van der Waals surface area contributed by atoms with Crippen molar-refractivity contribution in [2.24, 2.45) is 0 Å². The van der Waals surface area contributed by atoms with E-state index in [1.807, 2.05) is 42.5 Å². The number of para-hydroxylation sites is 2. The molecule has 3 rings (SSSR count). The van der Waals surface area contributed by atoms with Crippen LogP contribution in [0.15, 0.2) is 72.8 Å².